The van der Waals surface area contributed by atoms with Gasteiger partial charge in [-0.2, -0.15) is 0 Å². The molecule has 142 valence electrons. The third-order valence-electron chi connectivity index (χ3n) is 4.30. The Morgan fingerprint density at radius 2 is 1.85 bits per heavy atom. The van der Waals surface area contributed by atoms with Crippen LogP contribution < -0.4 is 0 Å². The largest absolute Gasteiger partial charge is 0.512 e. The Morgan fingerprint density at radius 3 is 2.59 bits per heavy atom. The van der Waals surface area contributed by atoms with Crippen molar-refractivity contribution in [3.63, 3.8) is 0 Å². The second kappa shape index (κ2) is 8.77. The molecule has 0 aliphatic rings. The van der Waals surface area contributed by atoms with Crippen LogP contribution in [0, 0.1) is 17.9 Å². The van der Waals surface area contributed by atoms with Gasteiger partial charge >= 0.3 is 0 Å². The predicted octanol–water partition coefficient (Wildman–Crippen LogP) is 5.38. The molecular formula is C23H23IrNO2-. The minimum absolute atomic E-state index is 0. The van der Waals surface area contributed by atoms with E-state index >= 15 is 0 Å². The first kappa shape index (κ1) is 21.3. The first-order valence-corrected chi connectivity index (χ1v) is 8.79. The molecule has 27 heavy (non-hydrogen) atoms. The molecule has 0 atom stereocenters. The molecule has 0 fully saturated rings. The van der Waals surface area contributed by atoms with Gasteiger partial charge in [-0.05, 0) is 29.8 Å². The number of aliphatic hydroxyl groups is 1. The number of carbonyl (C=O) groups excluding carboxylic acids is 1. The average Bonchev–Trinajstić information content (AvgIpc) is 2.60. The smallest absolute Gasteiger partial charge is 0.164 e. The fraction of sp³-hybridized carbons (Fsp3) is 0.261. The van der Waals surface area contributed by atoms with Crippen LogP contribution in [0.1, 0.15) is 32.9 Å². The maximum atomic E-state index is 11.9. The van der Waals surface area contributed by atoms with Gasteiger partial charge in [0.25, 0.3) is 0 Å². The van der Waals surface area contributed by atoms with Crippen molar-refractivity contribution in [1.82, 2.24) is 4.98 Å². The molecule has 3 aromatic rings. The topological polar surface area (TPSA) is 50.2 Å². The predicted molar refractivity (Wildman–Crippen MR) is 106 cm³/mol. The minimum atomic E-state index is -0.481. The van der Waals surface area contributed by atoms with Gasteiger partial charge in [0, 0.05) is 43.7 Å². The van der Waals surface area contributed by atoms with E-state index in [2.05, 4.69) is 30.3 Å². The van der Waals surface area contributed by atoms with Crippen molar-refractivity contribution < 1.29 is 30.0 Å². The average molecular weight is 538 g/mol. The Bertz CT molecular complexity index is 986. The summed E-state index contributed by atoms with van der Waals surface area (Å²) in [4.78, 5) is 16.7. The van der Waals surface area contributed by atoms with E-state index < -0.39 is 5.41 Å². The normalized spacial score (nSPS) is 12.2. The van der Waals surface area contributed by atoms with Gasteiger partial charge in [-0.1, -0.05) is 39.0 Å². The van der Waals surface area contributed by atoms with Crippen molar-refractivity contribution in [2.75, 3.05) is 0 Å². The van der Waals surface area contributed by atoms with Crippen molar-refractivity contribution in [2.45, 2.75) is 33.6 Å². The molecule has 0 saturated heterocycles. The van der Waals surface area contributed by atoms with E-state index in [1.54, 1.807) is 0 Å². The molecule has 3 rings (SSSR count). The summed E-state index contributed by atoms with van der Waals surface area (Å²) in [5.74, 6) is 0.0127. The van der Waals surface area contributed by atoms with Gasteiger partial charge < -0.3 is 10.1 Å². The van der Waals surface area contributed by atoms with Crippen LogP contribution >= 0.6 is 0 Å². The monoisotopic (exact) mass is 538 g/mol. The molecule has 0 aliphatic heterocycles. The molecule has 1 aromatic heterocycles. The number of aromatic nitrogens is 1. The maximum absolute atomic E-state index is 11.9. The van der Waals surface area contributed by atoms with E-state index in [-0.39, 0.29) is 31.6 Å². The zero-order valence-corrected chi connectivity index (χ0v) is 18.1. The first-order valence-electron chi connectivity index (χ1n) is 8.79. The van der Waals surface area contributed by atoms with E-state index in [1.807, 2.05) is 45.4 Å². The number of rotatable bonds is 5. The van der Waals surface area contributed by atoms with E-state index in [1.165, 1.54) is 6.08 Å². The summed E-state index contributed by atoms with van der Waals surface area (Å²) in [6.07, 6.45) is 4.24. The molecule has 0 saturated carbocycles. The first-order chi connectivity index (χ1) is 12.3. The van der Waals surface area contributed by atoms with Gasteiger partial charge in [-0.15, -0.1) is 35.0 Å². The molecule has 3 nitrogen and oxygen atoms in total. The molecule has 4 heteroatoms. The van der Waals surface area contributed by atoms with E-state index in [9.17, 15) is 9.90 Å². The molecule has 0 aliphatic carbocycles. The Labute approximate surface area is 173 Å². The number of hydrogen-bond donors (Lipinski definition) is 1. The van der Waals surface area contributed by atoms with Gasteiger partial charge in [-0.25, -0.2) is 0 Å². The SMILES string of the molecule is CC(C)(C)C(=O)/C=C(\O)C[CH]Cc1ccc2ccc3ccc[c-]c3c2n1.[Ir]. The fourth-order valence-corrected chi connectivity index (χ4v) is 2.73. The number of pyridine rings is 1. The molecule has 0 unspecified atom stereocenters. The molecule has 1 N–H and O–H groups in total. The van der Waals surface area contributed by atoms with Gasteiger partial charge in [0.15, 0.2) is 5.78 Å². The van der Waals surface area contributed by atoms with Gasteiger partial charge in [0.05, 0.1) is 5.76 Å². The number of nitrogens with zero attached hydrogens (tertiary/aromatic N) is 1. The maximum Gasteiger partial charge on any atom is 0.164 e. The number of allylic oxidation sites excluding steroid dienone is 2. The standard InChI is InChI=1S/C23H23NO2.Ir/c1-23(2,3)21(26)15-19(25)9-6-8-18-14-13-17-12-11-16-7-4-5-10-20(16)22(17)24-18;/h4-7,11-15,25H,8-9H2,1-3H3;/q-1;/b19-15-;. The van der Waals surface area contributed by atoms with Gasteiger partial charge in [0.2, 0.25) is 0 Å². The minimum Gasteiger partial charge on any atom is -0.512 e. The molecule has 2 aromatic carbocycles. The quantitative estimate of drug-likeness (QED) is 0.206. The summed E-state index contributed by atoms with van der Waals surface area (Å²) in [5, 5.41) is 13.2. The fourth-order valence-electron chi connectivity index (χ4n) is 2.73. The number of fused-ring (bicyclic) bond motifs is 3. The van der Waals surface area contributed by atoms with Crippen LogP contribution in [0.2, 0.25) is 0 Å². The Morgan fingerprint density at radius 1 is 1.15 bits per heavy atom. The number of aliphatic hydroxyl groups excluding tert-OH is 1. The second-order valence-corrected chi connectivity index (χ2v) is 7.52. The molecule has 0 bridgehead atoms. The third-order valence-corrected chi connectivity index (χ3v) is 4.30. The summed E-state index contributed by atoms with van der Waals surface area (Å²) in [6.45, 7) is 5.51. The number of ketones is 1. The van der Waals surface area contributed by atoms with Crippen LogP contribution in [0.5, 0.6) is 0 Å². The summed E-state index contributed by atoms with van der Waals surface area (Å²) >= 11 is 0. The number of hydrogen-bond acceptors (Lipinski definition) is 3. The summed E-state index contributed by atoms with van der Waals surface area (Å²) in [5.41, 5.74) is 1.39. The summed E-state index contributed by atoms with van der Waals surface area (Å²) in [7, 11) is 0. The summed E-state index contributed by atoms with van der Waals surface area (Å²) in [6, 6.07) is 17.4. The van der Waals surface area contributed by atoms with Crippen LogP contribution in [0.15, 0.2) is 54.3 Å². The van der Waals surface area contributed by atoms with Gasteiger partial charge in [-0.3, -0.25) is 4.79 Å². The van der Waals surface area contributed by atoms with Gasteiger partial charge in [0.1, 0.15) is 0 Å². The van der Waals surface area contributed by atoms with Crippen molar-refractivity contribution in [2.24, 2.45) is 5.41 Å². The number of carbonyl (C=O) groups is 1. The second-order valence-electron chi connectivity index (χ2n) is 7.52. The van der Waals surface area contributed by atoms with Crippen molar-refractivity contribution in [3.05, 3.63) is 72.5 Å². The Balaban J connectivity index is 0.00000261. The molecule has 2 radical (unpaired) electrons. The molecule has 0 amide bonds. The van der Waals surface area contributed by atoms with Crippen molar-refractivity contribution >= 4 is 27.5 Å². The van der Waals surface area contributed by atoms with Crippen molar-refractivity contribution in [3.8, 4) is 0 Å². The van der Waals surface area contributed by atoms with E-state index in [0.717, 1.165) is 27.4 Å². The molecular weight excluding hydrogens is 514 g/mol. The summed E-state index contributed by atoms with van der Waals surface area (Å²) < 4.78 is 0. The van der Waals surface area contributed by atoms with Crippen LogP contribution in [0.3, 0.4) is 0 Å². The molecule has 1 heterocycles. The van der Waals surface area contributed by atoms with E-state index in [4.69, 9.17) is 4.98 Å². The zero-order chi connectivity index (χ0) is 18.7. The Hall–Kier alpha value is -2.03. The Kier molecular flexibility index (Phi) is 6.91. The zero-order valence-electron chi connectivity index (χ0n) is 15.7. The van der Waals surface area contributed by atoms with Crippen LogP contribution in [-0.2, 0) is 31.3 Å². The number of benzene rings is 2. The van der Waals surface area contributed by atoms with Crippen LogP contribution in [0.25, 0.3) is 21.7 Å². The third kappa shape index (κ3) is 5.24. The molecule has 0 spiro atoms. The van der Waals surface area contributed by atoms with Crippen molar-refractivity contribution in [1.29, 1.82) is 0 Å². The van der Waals surface area contributed by atoms with E-state index in [0.29, 0.717) is 12.8 Å². The van der Waals surface area contributed by atoms with Crippen LogP contribution in [0.4, 0.5) is 0 Å². The van der Waals surface area contributed by atoms with Crippen LogP contribution in [-0.4, -0.2) is 15.9 Å².